The van der Waals surface area contributed by atoms with Crippen LogP contribution in [-0.4, -0.2) is 54.2 Å². The molecule has 1 fully saturated rings. The lowest BCUT2D eigenvalue weighted by Crippen LogP contribution is -2.42. The van der Waals surface area contributed by atoms with Gasteiger partial charge >= 0.3 is 5.97 Å². The van der Waals surface area contributed by atoms with Crippen LogP contribution in [-0.2, 0) is 14.3 Å². The number of carbonyl (C=O) groups excluding carboxylic acids is 1. The van der Waals surface area contributed by atoms with E-state index < -0.39 is 0 Å². The van der Waals surface area contributed by atoms with Gasteiger partial charge in [0.1, 0.15) is 0 Å². The molecule has 1 aliphatic rings. The quantitative estimate of drug-likeness (QED) is 0.106. The molecule has 0 aromatic rings. The summed E-state index contributed by atoms with van der Waals surface area (Å²) in [6.45, 7) is 15.4. The van der Waals surface area contributed by atoms with Crippen LogP contribution in [0.1, 0.15) is 99.3 Å². The molecular weight excluding hydrogens is 434 g/mol. The van der Waals surface area contributed by atoms with Crippen molar-refractivity contribution in [3.05, 3.63) is 24.3 Å². The summed E-state index contributed by atoms with van der Waals surface area (Å²) in [5, 5.41) is 0.189. The Bertz CT molecular complexity index is 609. The number of hydrogen-bond donors (Lipinski definition) is 0. The molecule has 5 heteroatoms. The summed E-state index contributed by atoms with van der Waals surface area (Å²) >= 11 is 6.65. The number of allylic oxidation sites excluding steroid dienone is 1. The summed E-state index contributed by atoms with van der Waals surface area (Å²) in [6, 6.07) is 0.360. The van der Waals surface area contributed by atoms with Crippen LogP contribution < -0.4 is 0 Å². The highest BCUT2D eigenvalue weighted by molar-refractivity contribution is 6.21. The molecule has 192 valence electrons. The Hall–Kier alpha value is -0.840. The summed E-state index contributed by atoms with van der Waals surface area (Å²) in [5.41, 5.74) is -0.108. The van der Waals surface area contributed by atoms with Crippen LogP contribution in [0.3, 0.4) is 0 Å². The summed E-state index contributed by atoms with van der Waals surface area (Å²) in [4.78, 5) is 13.7. The molecule has 0 radical (unpaired) electrons. The molecule has 1 heterocycles. The van der Waals surface area contributed by atoms with Gasteiger partial charge in [-0.05, 0) is 51.4 Å². The minimum Gasteiger partial charge on any atom is -0.469 e. The van der Waals surface area contributed by atoms with Crippen LogP contribution in [0.15, 0.2) is 24.3 Å². The smallest absolute Gasteiger partial charge is 0.305 e. The van der Waals surface area contributed by atoms with Crippen molar-refractivity contribution in [2.45, 2.75) is 122 Å². The van der Waals surface area contributed by atoms with Crippen molar-refractivity contribution < 1.29 is 14.3 Å². The lowest BCUT2D eigenvalue weighted by molar-refractivity contribution is -0.140. The molecular formula is C28H50ClNO3. The normalized spacial score (nSPS) is 21.3. The van der Waals surface area contributed by atoms with E-state index in [9.17, 15) is 4.79 Å². The third-order valence-electron chi connectivity index (χ3n) is 7.14. The molecule has 4 nitrogen and oxygen atoms in total. The molecule has 2 unspecified atom stereocenters. The second kappa shape index (κ2) is 15.2. The SMILES string of the molecule is CCCCCC(C=CCN1CC[C@@H](Cl)C1CC=CCCCC(=O)OC)OC(C)(C)C(C)(C)C. The van der Waals surface area contributed by atoms with E-state index in [0.717, 1.165) is 45.2 Å². The second-order valence-corrected chi connectivity index (χ2v) is 11.4. The van der Waals surface area contributed by atoms with Gasteiger partial charge in [-0.1, -0.05) is 71.3 Å². The van der Waals surface area contributed by atoms with E-state index in [2.05, 4.69) is 75.5 Å². The average Bonchev–Trinajstić information content (AvgIpc) is 3.08. The largest absolute Gasteiger partial charge is 0.469 e. The van der Waals surface area contributed by atoms with Gasteiger partial charge < -0.3 is 9.47 Å². The molecule has 0 N–H and O–H groups in total. The lowest BCUT2D eigenvalue weighted by atomic mass is 9.79. The molecule has 33 heavy (non-hydrogen) atoms. The predicted octanol–water partition coefficient (Wildman–Crippen LogP) is 7.30. The highest BCUT2D eigenvalue weighted by Crippen LogP contribution is 2.35. The van der Waals surface area contributed by atoms with E-state index >= 15 is 0 Å². The number of ether oxygens (including phenoxy) is 2. The fourth-order valence-corrected chi connectivity index (χ4v) is 4.27. The number of methoxy groups -OCH3 is 1. The fourth-order valence-electron chi connectivity index (χ4n) is 3.91. The zero-order valence-corrected chi connectivity index (χ0v) is 23.1. The molecule has 0 saturated carbocycles. The minimum absolute atomic E-state index is 0.0823. The molecule has 1 aliphatic heterocycles. The Balaban J connectivity index is 2.62. The fraction of sp³-hybridized carbons (Fsp3) is 0.821. The van der Waals surface area contributed by atoms with Crippen LogP contribution in [0.25, 0.3) is 0 Å². The molecule has 1 rings (SSSR count). The Morgan fingerprint density at radius 1 is 1.12 bits per heavy atom. The van der Waals surface area contributed by atoms with Gasteiger partial charge in [0.2, 0.25) is 0 Å². The van der Waals surface area contributed by atoms with Crippen molar-refractivity contribution in [2.75, 3.05) is 20.2 Å². The van der Waals surface area contributed by atoms with Crippen molar-refractivity contribution in [2.24, 2.45) is 5.41 Å². The summed E-state index contributed by atoms with van der Waals surface area (Å²) in [5.74, 6) is -0.138. The van der Waals surface area contributed by atoms with E-state index in [4.69, 9.17) is 16.3 Å². The number of nitrogens with zero attached hydrogens (tertiary/aromatic N) is 1. The Labute approximate surface area is 209 Å². The number of rotatable bonds is 15. The number of esters is 1. The number of alkyl halides is 1. The van der Waals surface area contributed by atoms with Crippen LogP contribution >= 0.6 is 11.6 Å². The standard InChI is InChI=1S/C28H50ClNO3/c1-8-9-12-16-23(33-28(5,6)27(2,3)4)17-15-21-30-22-20-24(29)25(30)18-13-10-11-14-19-26(31)32-7/h10,13,15,17,23-25H,8-9,11-12,14,16,18-22H2,1-7H3/t23?,24-,25?/m1/s1. The molecule has 0 aromatic carbocycles. The van der Waals surface area contributed by atoms with Crippen LogP contribution in [0.5, 0.6) is 0 Å². The summed E-state index contributed by atoms with van der Waals surface area (Å²) < 4.78 is 11.3. The first-order chi connectivity index (χ1) is 15.5. The Kier molecular flexibility index (Phi) is 13.9. The molecule has 0 bridgehead atoms. The van der Waals surface area contributed by atoms with Crippen LogP contribution in [0, 0.1) is 5.41 Å². The summed E-state index contributed by atoms with van der Waals surface area (Å²) in [7, 11) is 1.44. The molecule has 0 aliphatic carbocycles. The topological polar surface area (TPSA) is 38.8 Å². The van der Waals surface area contributed by atoms with Crippen molar-refractivity contribution in [3.63, 3.8) is 0 Å². The maximum Gasteiger partial charge on any atom is 0.305 e. The monoisotopic (exact) mass is 483 g/mol. The van der Waals surface area contributed by atoms with Gasteiger partial charge in [0.05, 0.1) is 24.2 Å². The zero-order chi connectivity index (χ0) is 24.9. The predicted molar refractivity (Wildman–Crippen MR) is 141 cm³/mol. The highest BCUT2D eigenvalue weighted by atomic mass is 35.5. The maximum absolute atomic E-state index is 11.2. The van der Waals surface area contributed by atoms with Gasteiger partial charge in [-0.25, -0.2) is 0 Å². The third kappa shape index (κ3) is 11.4. The van der Waals surface area contributed by atoms with E-state index in [-0.39, 0.29) is 28.5 Å². The zero-order valence-electron chi connectivity index (χ0n) is 22.4. The Morgan fingerprint density at radius 3 is 2.48 bits per heavy atom. The van der Waals surface area contributed by atoms with Crippen LogP contribution in [0.4, 0.5) is 0 Å². The van der Waals surface area contributed by atoms with Crippen molar-refractivity contribution in [1.82, 2.24) is 4.90 Å². The average molecular weight is 484 g/mol. The van der Waals surface area contributed by atoms with E-state index in [1.807, 2.05) is 0 Å². The Morgan fingerprint density at radius 2 is 1.85 bits per heavy atom. The van der Waals surface area contributed by atoms with E-state index in [1.165, 1.54) is 26.4 Å². The number of unbranched alkanes of at least 4 members (excludes halogenated alkanes) is 3. The number of halogens is 1. The second-order valence-electron chi connectivity index (χ2n) is 10.9. The molecule has 0 aromatic heterocycles. The van der Waals surface area contributed by atoms with E-state index in [0.29, 0.717) is 12.5 Å². The van der Waals surface area contributed by atoms with Gasteiger partial charge in [-0.3, -0.25) is 9.69 Å². The first kappa shape index (κ1) is 30.2. The molecule has 3 atom stereocenters. The number of likely N-dealkylation sites (tertiary alicyclic amines) is 1. The number of hydrogen-bond acceptors (Lipinski definition) is 4. The van der Waals surface area contributed by atoms with Gasteiger partial charge in [-0.2, -0.15) is 0 Å². The molecule has 0 amide bonds. The maximum atomic E-state index is 11.2. The minimum atomic E-state index is -0.190. The van der Waals surface area contributed by atoms with Crippen molar-refractivity contribution in [1.29, 1.82) is 0 Å². The van der Waals surface area contributed by atoms with Crippen molar-refractivity contribution in [3.8, 4) is 0 Å². The van der Waals surface area contributed by atoms with Gasteiger partial charge in [0.15, 0.2) is 0 Å². The lowest BCUT2D eigenvalue weighted by Gasteiger charge is -2.41. The molecule has 1 saturated heterocycles. The first-order valence-electron chi connectivity index (χ1n) is 13.0. The highest BCUT2D eigenvalue weighted by Gasteiger charge is 2.35. The van der Waals surface area contributed by atoms with Crippen LogP contribution in [0.2, 0.25) is 0 Å². The third-order valence-corrected chi connectivity index (χ3v) is 7.65. The first-order valence-corrected chi connectivity index (χ1v) is 13.4. The van der Waals surface area contributed by atoms with Gasteiger partial charge in [0.25, 0.3) is 0 Å². The summed E-state index contributed by atoms with van der Waals surface area (Å²) in [6.07, 6.45) is 18.0. The van der Waals surface area contributed by atoms with Gasteiger partial charge in [0, 0.05) is 25.6 Å². The van der Waals surface area contributed by atoms with Gasteiger partial charge in [-0.15, -0.1) is 11.6 Å². The van der Waals surface area contributed by atoms with Crippen molar-refractivity contribution >= 4 is 17.6 Å². The number of carbonyl (C=O) groups is 1. The molecule has 0 spiro atoms. The van der Waals surface area contributed by atoms with E-state index in [1.54, 1.807) is 0 Å².